The molecule has 0 spiro atoms. The third-order valence-electron chi connectivity index (χ3n) is 12.2. The molecule has 0 bridgehead atoms. The van der Waals surface area contributed by atoms with Gasteiger partial charge in [0.1, 0.15) is 5.78 Å². The molecule has 0 aromatic rings. The Morgan fingerprint density at radius 3 is 2.29 bits per heavy atom. The molecule has 1 heteroatoms. The highest BCUT2D eigenvalue weighted by Crippen LogP contribution is 2.75. The van der Waals surface area contributed by atoms with Crippen molar-refractivity contribution in [2.75, 3.05) is 0 Å². The molecule has 0 amide bonds. The first-order chi connectivity index (χ1) is 14.3. The largest absolute Gasteiger partial charge is 0.299 e. The van der Waals surface area contributed by atoms with Crippen LogP contribution in [0.15, 0.2) is 11.6 Å². The third-order valence-corrected chi connectivity index (χ3v) is 12.2. The second-order valence-corrected chi connectivity index (χ2v) is 14.2. The Bertz CT molecular complexity index is 760. The number of allylic oxidation sites excluding steroid dienone is 2. The maximum atomic E-state index is 12.7. The van der Waals surface area contributed by atoms with Gasteiger partial charge >= 0.3 is 0 Å². The highest BCUT2D eigenvalue weighted by atomic mass is 16.1. The summed E-state index contributed by atoms with van der Waals surface area (Å²) in [5.74, 6) is 2.37. The van der Waals surface area contributed by atoms with E-state index in [0.717, 1.165) is 24.7 Å². The lowest BCUT2D eigenvalue weighted by Gasteiger charge is -2.72. The van der Waals surface area contributed by atoms with Gasteiger partial charge in [-0.3, -0.25) is 4.79 Å². The first-order valence-corrected chi connectivity index (χ1v) is 13.5. The quantitative estimate of drug-likeness (QED) is 0.412. The van der Waals surface area contributed by atoms with Crippen LogP contribution in [0.2, 0.25) is 0 Å². The molecular weight excluding hydrogens is 376 g/mol. The molecule has 3 unspecified atom stereocenters. The van der Waals surface area contributed by atoms with E-state index in [-0.39, 0.29) is 11.3 Å². The normalized spacial score (nSPS) is 52.0. The summed E-state index contributed by atoms with van der Waals surface area (Å²) in [5, 5.41) is 0. The van der Waals surface area contributed by atoms with Crippen LogP contribution in [0.25, 0.3) is 0 Å². The van der Waals surface area contributed by atoms with Gasteiger partial charge in [0.15, 0.2) is 0 Å². The summed E-state index contributed by atoms with van der Waals surface area (Å²) < 4.78 is 0. The number of ketones is 1. The standard InChI is InChI=1S/C30H50O/c1-21(2)10-9-14-26(4)16-19-30(8)25-13-15-28(6)22(3)23(31)11-12-24(28)29(25,7)18-17-27(30,5)20-26/h10,22,24-25H,9,11-20H2,1-8H3/t22-,24?,25?,26+,27?,28+,29-,30+/m0/s1. The summed E-state index contributed by atoms with van der Waals surface area (Å²) in [6, 6.07) is 0. The van der Waals surface area contributed by atoms with Crippen LogP contribution in [0, 0.1) is 44.8 Å². The fraction of sp³-hybridized carbons (Fsp3) is 0.900. The zero-order valence-electron chi connectivity index (χ0n) is 22.0. The molecule has 4 saturated carbocycles. The second-order valence-electron chi connectivity index (χ2n) is 14.2. The molecule has 0 aliphatic heterocycles. The molecule has 0 N–H and O–H groups in total. The molecule has 4 fully saturated rings. The van der Waals surface area contributed by atoms with E-state index >= 15 is 0 Å². The van der Waals surface area contributed by atoms with Crippen LogP contribution >= 0.6 is 0 Å². The summed E-state index contributed by atoms with van der Waals surface area (Å²) in [4.78, 5) is 12.7. The van der Waals surface area contributed by atoms with Gasteiger partial charge in [-0.2, -0.15) is 0 Å². The fourth-order valence-electron chi connectivity index (χ4n) is 9.93. The van der Waals surface area contributed by atoms with Gasteiger partial charge in [0.2, 0.25) is 0 Å². The molecule has 31 heavy (non-hydrogen) atoms. The van der Waals surface area contributed by atoms with Gasteiger partial charge in [0, 0.05) is 12.3 Å². The van der Waals surface area contributed by atoms with Crippen LogP contribution in [0.1, 0.15) is 126 Å². The van der Waals surface area contributed by atoms with Crippen molar-refractivity contribution >= 4 is 5.78 Å². The molecule has 1 nitrogen and oxygen atoms in total. The molecule has 0 radical (unpaired) electrons. The molecule has 0 aromatic heterocycles. The molecule has 4 aliphatic carbocycles. The number of rotatable bonds is 3. The van der Waals surface area contributed by atoms with E-state index in [0.29, 0.717) is 27.4 Å². The van der Waals surface area contributed by atoms with Crippen molar-refractivity contribution in [1.29, 1.82) is 0 Å². The van der Waals surface area contributed by atoms with E-state index in [1.54, 1.807) is 0 Å². The molecule has 0 saturated heterocycles. The first-order valence-electron chi connectivity index (χ1n) is 13.5. The Morgan fingerprint density at radius 1 is 0.903 bits per heavy atom. The number of fused-ring (bicyclic) bond motifs is 5. The summed E-state index contributed by atoms with van der Waals surface area (Å²) in [7, 11) is 0. The number of carbonyl (C=O) groups excluding carboxylic acids is 1. The van der Waals surface area contributed by atoms with E-state index in [9.17, 15) is 4.79 Å². The van der Waals surface area contributed by atoms with Crippen LogP contribution in [-0.4, -0.2) is 5.78 Å². The Morgan fingerprint density at radius 2 is 1.61 bits per heavy atom. The Hall–Kier alpha value is -0.590. The lowest BCUT2D eigenvalue weighted by Crippen LogP contribution is -2.64. The second kappa shape index (κ2) is 7.46. The van der Waals surface area contributed by atoms with Crippen LogP contribution in [-0.2, 0) is 4.79 Å². The lowest BCUT2D eigenvalue weighted by molar-refractivity contribution is -0.225. The van der Waals surface area contributed by atoms with Crippen LogP contribution in [0.5, 0.6) is 0 Å². The van der Waals surface area contributed by atoms with Gasteiger partial charge in [0.05, 0.1) is 0 Å². The SMILES string of the molecule is CC(C)=CCC[C@]1(C)CC[C@]2(C)C3CC[C@@]4(C)C(CCC(=O)[C@@H]4C)[C@]3(C)CCC2(C)C1. The van der Waals surface area contributed by atoms with E-state index in [1.165, 1.54) is 63.4 Å². The summed E-state index contributed by atoms with van der Waals surface area (Å²) in [6.45, 7) is 19.8. The monoisotopic (exact) mass is 426 g/mol. The number of carbonyl (C=O) groups is 1. The maximum absolute atomic E-state index is 12.7. The van der Waals surface area contributed by atoms with Crippen molar-refractivity contribution < 1.29 is 4.79 Å². The number of Topliss-reactive ketones (excluding diaryl/α,β-unsaturated/α-hetero) is 1. The predicted molar refractivity (Wildman–Crippen MR) is 132 cm³/mol. The van der Waals surface area contributed by atoms with E-state index in [2.05, 4.69) is 61.5 Å². The van der Waals surface area contributed by atoms with Crippen LogP contribution in [0.3, 0.4) is 0 Å². The molecular formula is C30H50O. The van der Waals surface area contributed by atoms with E-state index in [4.69, 9.17) is 0 Å². The third kappa shape index (κ3) is 3.42. The number of hydrogen-bond acceptors (Lipinski definition) is 1. The predicted octanol–water partition coefficient (Wildman–Crippen LogP) is 8.77. The van der Waals surface area contributed by atoms with E-state index < -0.39 is 0 Å². The molecule has 4 rings (SSSR count). The smallest absolute Gasteiger partial charge is 0.136 e. The van der Waals surface area contributed by atoms with Crippen molar-refractivity contribution in [3.8, 4) is 0 Å². The van der Waals surface area contributed by atoms with Gasteiger partial charge in [-0.05, 0) is 117 Å². The summed E-state index contributed by atoms with van der Waals surface area (Å²) in [5.41, 5.74) is 3.56. The minimum Gasteiger partial charge on any atom is -0.299 e. The average molecular weight is 427 g/mol. The van der Waals surface area contributed by atoms with Gasteiger partial charge in [-0.15, -0.1) is 0 Å². The van der Waals surface area contributed by atoms with Gasteiger partial charge in [-0.25, -0.2) is 0 Å². The van der Waals surface area contributed by atoms with Gasteiger partial charge < -0.3 is 0 Å². The molecule has 176 valence electrons. The minimum absolute atomic E-state index is 0.234. The molecule has 0 aromatic carbocycles. The lowest BCUT2D eigenvalue weighted by atomic mass is 9.33. The van der Waals surface area contributed by atoms with Crippen molar-refractivity contribution in [3.63, 3.8) is 0 Å². The van der Waals surface area contributed by atoms with Crippen LogP contribution < -0.4 is 0 Å². The van der Waals surface area contributed by atoms with Crippen molar-refractivity contribution in [2.45, 2.75) is 126 Å². The van der Waals surface area contributed by atoms with Gasteiger partial charge in [-0.1, -0.05) is 53.2 Å². The minimum atomic E-state index is 0.234. The van der Waals surface area contributed by atoms with E-state index in [1.807, 2.05) is 0 Å². The zero-order chi connectivity index (χ0) is 22.9. The summed E-state index contributed by atoms with van der Waals surface area (Å²) in [6.07, 6.45) is 16.7. The van der Waals surface area contributed by atoms with Crippen molar-refractivity contribution in [3.05, 3.63) is 11.6 Å². The highest BCUT2D eigenvalue weighted by molar-refractivity contribution is 5.82. The molecule has 0 heterocycles. The highest BCUT2D eigenvalue weighted by Gasteiger charge is 2.67. The Balaban J connectivity index is 1.61. The summed E-state index contributed by atoms with van der Waals surface area (Å²) >= 11 is 0. The first kappa shape index (κ1) is 23.6. The van der Waals surface area contributed by atoms with Crippen LogP contribution in [0.4, 0.5) is 0 Å². The zero-order valence-corrected chi connectivity index (χ0v) is 22.0. The Labute approximate surface area is 193 Å². The number of hydrogen-bond donors (Lipinski definition) is 0. The van der Waals surface area contributed by atoms with Gasteiger partial charge in [0.25, 0.3) is 0 Å². The van der Waals surface area contributed by atoms with Crippen molar-refractivity contribution in [2.24, 2.45) is 44.8 Å². The van der Waals surface area contributed by atoms with Crippen molar-refractivity contribution in [1.82, 2.24) is 0 Å². The molecule has 4 aliphatic rings. The Kier molecular flexibility index (Phi) is 5.67. The average Bonchev–Trinajstić information content (AvgIpc) is 2.67. The molecule has 8 atom stereocenters. The maximum Gasteiger partial charge on any atom is 0.136 e. The fourth-order valence-corrected chi connectivity index (χ4v) is 9.93. The topological polar surface area (TPSA) is 17.1 Å².